The lowest BCUT2D eigenvalue weighted by molar-refractivity contribution is 0.587. The number of aromatic amines is 1. The van der Waals surface area contributed by atoms with Crippen LogP contribution in [0, 0.1) is 0 Å². The molecule has 0 fully saturated rings. The Kier molecular flexibility index (Phi) is 4.71. The number of rotatable bonds is 5. The van der Waals surface area contributed by atoms with Crippen molar-refractivity contribution in [2.45, 2.75) is 17.7 Å². The first-order chi connectivity index (χ1) is 13.7. The molecular formula is C17H20N6O4S2. The molecule has 2 aromatic heterocycles. The van der Waals surface area contributed by atoms with E-state index in [0.717, 1.165) is 5.69 Å². The predicted octanol–water partition coefficient (Wildman–Crippen LogP) is 1.32. The number of sulfonamides is 2. The Bertz CT molecular complexity index is 1300. The van der Waals surface area contributed by atoms with Crippen LogP contribution in [-0.4, -0.2) is 51.6 Å². The second-order valence-corrected chi connectivity index (χ2v) is 10.5. The SMILES string of the molecule is CNS(=O)(=O)c1cccc(Nc2ncnc3[nH]c4c(c23)N(S(C)(=O)=O)CCC4)c1. The first-order valence-electron chi connectivity index (χ1n) is 8.84. The minimum Gasteiger partial charge on any atom is -0.341 e. The molecule has 1 aliphatic rings. The fraction of sp³-hybridized carbons (Fsp3) is 0.294. The Morgan fingerprint density at radius 1 is 1.17 bits per heavy atom. The van der Waals surface area contributed by atoms with Gasteiger partial charge in [-0.25, -0.2) is 31.5 Å². The van der Waals surface area contributed by atoms with Gasteiger partial charge in [0.2, 0.25) is 20.0 Å². The Morgan fingerprint density at radius 3 is 2.69 bits per heavy atom. The van der Waals surface area contributed by atoms with Crippen molar-refractivity contribution in [3.05, 3.63) is 36.3 Å². The zero-order chi connectivity index (χ0) is 20.8. The van der Waals surface area contributed by atoms with Gasteiger partial charge in [0.25, 0.3) is 0 Å². The van der Waals surface area contributed by atoms with Crippen LogP contribution in [0.3, 0.4) is 0 Å². The van der Waals surface area contributed by atoms with E-state index in [0.29, 0.717) is 47.6 Å². The second-order valence-electron chi connectivity index (χ2n) is 6.70. The van der Waals surface area contributed by atoms with Crippen molar-refractivity contribution in [1.82, 2.24) is 19.7 Å². The van der Waals surface area contributed by atoms with E-state index in [1.807, 2.05) is 0 Å². The third-order valence-electron chi connectivity index (χ3n) is 4.75. The second kappa shape index (κ2) is 6.97. The van der Waals surface area contributed by atoms with Crippen molar-refractivity contribution in [3.63, 3.8) is 0 Å². The maximum Gasteiger partial charge on any atom is 0.240 e. The largest absolute Gasteiger partial charge is 0.341 e. The van der Waals surface area contributed by atoms with E-state index < -0.39 is 20.0 Å². The summed E-state index contributed by atoms with van der Waals surface area (Å²) in [5, 5.41) is 3.66. The maximum atomic E-state index is 12.3. The van der Waals surface area contributed by atoms with E-state index in [-0.39, 0.29) is 4.90 Å². The van der Waals surface area contributed by atoms with Crippen molar-refractivity contribution in [2.24, 2.45) is 0 Å². The zero-order valence-corrected chi connectivity index (χ0v) is 17.4. The summed E-state index contributed by atoms with van der Waals surface area (Å²) in [5.41, 5.74) is 2.34. The van der Waals surface area contributed by atoms with Crippen LogP contribution in [-0.2, 0) is 26.5 Å². The molecule has 0 spiro atoms. The smallest absolute Gasteiger partial charge is 0.240 e. The molecule has 4 rings (SSSR count). The van der Waals surface area contributed by atoms with E-state index in [1.54, 1.807) is 12.1 Å². The van der Waals surface area contributed by atoms with Crippen molar-refractivity contribution in [2.75, 3.05) is 29.5 Å². The molecule has 0 saturated heterocycles. The number of hydrogen-bond acceptors (Lipinski definition) is 7. The molecule has 0 atom stereocenters. The summed E-state index contributed by atoms with van der Waals surface area (Å²) in [6, 6.07) is 6.28. The fourth-order valence-electron chi connectivity index (χ4n) is 3.45. The molecule has 0 radical (unpaired) electrons. The Hall–Kier alpha value is -2.70. The van der Waals surface area contributed by atoms with Gasteiger partial charge in [-0.2, -0.15) is 0 Å². The highest BCUT2D eigenvalue weighted by molar-refractivity contribution is 7.92. The van der Waals surface area contributed by atoms with Crippen LogP contribution < -0.4 is 14.3 Å². The summed E-state index contributed by atoms with van der Waals surface area (Å²) in [4.78, 5) is 11.8. The van der Waals surface area contributed by atoms with Gasteiger partial charge in [-0.15, -0.1) is 0 Å². The lowest BCUT2D eigenvalue weighted by Crippen LogP contribution is -2.34. The predicted molar refractivity (Wildman–Crippen MR) is 110 cm³/mol. The van der Waals surface area contributed by atoms with Gasteiger partial charge >= 0.3 is 0 Å². The molecular weight excluding hydrogens is 416 g/mol. The normalized spacial score (nSPS) is 14.8. The van der Waals surface area contributed by atoms with Crippen LogP contribution in [0.4, 0.5) is 17.2 Å². The minimum absolute atomic E-state index is 0.101. The van der Waals surface area contributed by atoms with Gasteiger partial charge in [0.05, 0.1) is 22.2 Å². The highest BCUT2D eigenvalue weighted by Gasteiger charge is 2.30. The molecule has 0 aliphatic carbocycles. The quantitative estimate of drug-likeness (QED) is 0.548. The molecule has 0 bridgehead atoms. The van der Waals surface area contributed by atoms with E-state index in [1.165, 1.54) is 36.1 Å². The van der Waals surface area contributed by atoms with E-state index in [4.69, 9.17) is 0 Å². The number of benzene rings is 1. The van der Waals surface area contributed by atoms with Crippen LogP contribution in [0.25, 0.3) is 11.0 Å². The van der Waals surface area contributed by atoms with Gasteiger partial charge in [-0.1, -0.05) is 6.07 Å². The molecule has 0 saturated carbocycles. The molecule has 3 N–H and O–H groups in total. The first kappa shape index (κ1) is 19.6. The monoisotopic (exact) mass is 436 g/mol. The number of nitrogens with one attached hydrogen (secondary N) is 3. The summed E-state index contributed by atoms with van der Waals surface area (Å²) in [7, 11) is -5.74. The summed E-state index contributed by atoms with van der Waals surface area (Å²) >= 11 is 0. The summed E-state index contributed by atoms with van der Waals surface area (Å²) < 4.78 is 52.4. The molecule has 0 amide bonds. The Balaban J connectivity index is 1.85. The molecule has 1 aliphatic heterocycles. The summed E-state index contributed by atoms with van der Waals surface area (Å²) in [6.45, 7) is 0.378. The Morgan fingerprint density at radius 2 is 1.97 bits per heavy atom. The highest BCUT2D eigenvalue weighted by Crippen LogP contribution is 2.39. The lowest BCUT2D eigenvalue weighted by Gasteiger charge is -2.27. The van der Waals surface area contributed by atoms with E-state index >= 15 is 0 Å². The molecule has 3 aromatic rings. The number of hydrogen-bond donors (Lipinski definition) is 3. The van der Waals surface area contributed by atoms with Crippen LogP contribution in [0.2, 0.25) is 0 Å². The number of aryl methyl sites for hydroxylation is 1. The minimum atomic E-state index is -3.60. The van der Waals surface area contributed by atoms with Crippen LogP contribution in [0.15, 0.2) is 35.5 Å². The van der Waals surface area contributed by atoms with Gasteiger partial charge in [-0.3, -0.25) is 4.31 Å². The number of aromatic nitrogens is 3. The van der Waals surface area contributed by atoms with Crippen LogP contribution in [0.1, 0.15) is 12.1 Å². The maximum absolute atomic E-state index is 12.3. The zero-order valence-electron chi connectivity index (χ0n) is 15.8. The van der Waals surface area contributed by atoms with Gasteiger partial charge in [0.1, 0.15) is 17.8 Å². The topological polar surface area (TPSA) is 137 Å². The Labute approximate surface area is 168 Å². The lowest BCUT2D eigenvalue weighted by atomic mass is 10.1. The number of nitrogens with zero attached hydrogens (tertiary/aromatic N) is 3. The molecule has 1 aromatic carbocycles. The van der Waals surface area contributed by atoms with Crippen molar-refractivity contribution < 1.29 is 16.8 Å². The van der Waals surface area contributed by atoms with Crippen molar-refractivity contribution >= 4 is 48.3 Å². The van der Waals surface area contributed by atoms with Crippen LogP contribution >= 0.6 is 0 Å². The number of anilines is 3. The first-order valence-corrected chi connectivity index (χ1v) is 12.2. The molecule has 12 heteroatoms. The summed E-state index contributed by atoms with van der Waals surface area (Å²) in [5.74, 6) is 0.391. The van der Waals surface area contributed by atoms with E-state index in [2.05, 4.69) is 25.0 Å². The van der Waals surface area contributed by atoms with Crippen LogP contribution in [0.5, 0.6) is 0 Å². The van der Waals surface area contributed by atoms with Crippen molar-refractivity contribution in [1.29, 1.82) is 0 Å². The molecule has 10 nitrogen and oxygen atoms in total. The standard InChI is InChI=1S/C17H20N6O4S2/c1-18-29(26,27)12-6-3-5-11(9-12)21-16-14-15-13(22-17(14)20-10-19-16)7-4-8-23(15)28(2,24)25/h3,5-6,9-10,18H,4,7-8H2,1-2H3,(H2,19,20,21,22). The van der Waals surface area contributed by atoms with Gasteiger partial charge < -0.3 is 10.3 Å². The molecule has 3 heterocycles. The molecule has 154 valence electrons. The number of H-pyrrole nitrogens is 1. The van der Waals surface area contributed by atoms with Crippen molar-refractivity contribution in [3.8, 4) is 0 Å². The summed E-state index contributed by atoms with van der Waals surface area (Å²) in [6.07, 6.45) is 3.94. The fourth-order valence-corrected chi connectivity index (χ4v) is 5.22. The van der Waals surface area contributed by atoms with E-state index in [9.17, 15) is 16.8 Å². The van der Waals surface area contributed by atoms with Gasteiger partial charge in [-0.05, 0) is 38.1 Å². The third-order valence-corrected chi connectivity index (χ3v) is 7.33. The molecule has 0 unspecified atom stereocenters. The molecule has 29 heavy (non-hydrogen) atoms. The van der Waals surface area contributed by atoms with Gasteiger partial charge in [0.15, 0.2) is 0 Å². The average molecular weight is 437 g/mol. The third kappa shape index (κ3) is 3.54. The number of fused-ring (bicyclic) bond motifs is 3. The highest BCUT2D eigenvalue weighted by atomic mass is 32.2. The van der Waals surface area contributed by atoms with Gasteiger partial charge in [0, 0.05) is 17.9 Å². The average Bonchev–Trinajstić information content (AvgIpc) is 3.07.